The summed E-state index contributed by atoms with van der Waals surface area (Å²) in [5, 5.41) is 4.43. The third-order valence-electron chi connectivity index (χ3n) is 2.88. The molecule has 0 aliphatic rings. The Balaban J connectivity index is 2.41. The average Bonchev–Trinajstić information content (AvgIpc) is 2.72. The van der Waals surface area contributed by atoms with Crippen LogP contribution in [0, 0.1) is 11.7 Å². The standard InChI is InChI=1S/C15H18ClFN2S/c1-9(2)6-13-14(8-18-3)20-15(19-13)11-5-4-10(17)7-12(11)16/h4-5,7,9,18H,6,8H2,1-3H3. The van der Waals surface area contributed by atoms with Crippen molar-refractivity contribution in [3.05, 3.63) is 39.6 Å². The van der Waals surface area contributed by atoms with Crippen molar-refractivity contribution in [1.82, 2.24) is 10.3 Å². The number of nitrogens with one attached hydrogen (secondary N) is 1. The van der Waals surface area contributed by atoms with E-state index < -0.39 is 0 Å². The minimum atomic E-state index is -0.326. The first-order valence-electron chi connectivity index (χ1n) is 6.60. The van der Waals surface area contributed by atoms with E-state index in [-0.39, 0.29) is 5.82 Å². The van der Waals surface area contributed by atoms with Crippen LogP contribution in [0.25, 0.3) is 10.6 Å². The van der Waals surface area contributed by atoms with Gasteiger partial charge in [0, 0.05) is 17.0 Å². The Bertz CT molecular complexity index is 596. The van der Waals surface area contributed by atoms with Gasteiger partial charge in [0.1, 0.15) is 10.8 Å². The Morgan fingerprint density at radius 2 is 2.15 bits per heavy atom. The number of benzene rings is 1. The molecule has 0 fully saturated rings. The molecule has 0 amide bonds. The highest BCUT2D eigenvalue weighted by molar-refractivity contribution is 7.15. The molecule has 0 saturated carbocycles. The number of hydrogen-bond acceptors (Lipinski definition) is 3. The van der Waals surface area contributed by atoms with Gasteiger partial charge in [-0.3, -0.25) is 0 Å². The van der Waals surface area contributed by atoms with E-state index in [1.165, 1.54) is 17.0 Å². The van der Waals surface area contributed by atoms with Crippen LogP contribution in [-0.2, 0) is 13.0 Å². The van der Waals surface area contributed by atoms with E-state index in [0.29, 0.717) is 10.9 Å². The lowest BCUT2D eigenvalue weighted by molar-refractivity contribution is 0.628. The van der Waals surface area contributed by atoms with Gasteiger partial charge in [-0.25, -0.2) is 9.37 Å². The number of thiazole rings is 1. The van der Waals surface area contributed by atoms with E-state index in [9.17, 15) is 4.39 Å². The van der Waals surface area contributed by atoms with Crippen LogP contribution in [0.15, 0.2) is 18.2 Å². The predicted molar refractivity (Wildman–Crippen MR) is 83.8 cm³/mol. The van der Waals surface area contributed by atoms with Crippen LogP contribution >= 0.6 is 22.9 Å². The number of rotatable bonds is 5. The smallest absolute Gasteiger partial charge is 0.125 e. The monoisotopic (exact) mass is 312 g/mol. The number of nitrogens with zero attached hydrogens (tertiary/aromatic N) is 1. The van der Waals surface area contributed by atoms with Crippen LogP contribution in [0.5, 0.6) is 0 Å². The van der Waals surface area contributed by atoms with Gasteiger partial charge in [0.25, 0.3) is 0 Å². The predicted octanol–water partition coefficient (Wildman–Crippen LogP) is 4.52. The quantitative estimate of drug-likeness (QED) is 0.878. The zero-order chi connectivity index (χ0) is 14.7. The van der Waals surface area contributed by atoms with Crippen molar-refractivity contribution < 1.29 is 4.39 Å². The molecule has 2 nitrogen and oxygen atoms in total. The minimum absolute atomic E-state index is 0.326. The van der Waals surface area contributed by atoms with Gasteiger partial charge in [0.05, 0.1) is 10.7 Å². The molecule has 0 bridgehead atoms. The lowest BCUT2D eigenvalue weighted by Crippen LogP contribution is -2.07. The van der Waals surface area contributed by atoms with Crippen LogP contribution in [0.2, 0.25) is 5.02 Å². The maximum Gasteiger partial charge on any atom is 0.125 e. The highest BCUT2D eigenvalue weighted by atomic mass is 35.5. The number of halogens is 2. The SMILES string of the molecule is CNCc1sc(-c2ccc(F)cc2Cl)nc1CC(C)C. The molecule has 1 N–H and O–H groups in total. The molecule has 2 aromatic rings. The zero-order valence-electron chi connectivity index (χ0n) is 11.8. The summed E-state index contributed by atoms with van der Waals surface area (Å²) in [6.45, 7) is 5.14. The molecule has 1 heterocycles. The molecule has 1 aromatic heterocycles. The largest absolute Gasteiger partial charge is 0.315 e. The number of aromatic nitrogens is 1. The fraction of sp³-hybridized carbons (Fsp3) is 0.400. The van der Waals surface area contributed by atoms with Gasteiger partial charge >= 0.3 is 0 Å². The van der Waals surface area contributed by atoms with Crippen LogP contribution in [0.3, 0.4) is 0 Å². The van der Waals surface area contributed by atoms with Crippen molar-refractivity contribution in [2.75, 3.05) is 7.05 Å². The summed E-state index contributed by atoms with van der Waals surface area (Å²) in [5.74, 6) is 0.220. The Kier molecular flexibility index (Phi) is 5.13. The summed E-state index contributed by atoms with van der Waals surface area (Å²) < 4.78 is 13.1. The fourth-order valence-electron chi connectivity index (χ4n) is 2.01. The third kappa shape index (κ3) is 3.57. The molecule has 0 aliphatic heterocycles. The normalized spacial score (nSPS) is 11.3. The first-order valence-corrected chi connectivity index (χ1v) is 7.79. The fourth-order valence-corrected chi connectivity index (χ4v) is 3.46. The van der Waals surface area contributed by atoms with Crippen molar-refractivity contribution in [3.63, 3.8) is 0 Å². The molecule has 0 atom stereocenters. The molecule has 0 spiro atoms. The van der Waals surface area contributed by atoms with Crippen molar-refractivity contribution in [3.8, 4) is 10.6 Å². The molecule has 0 saturated heterocycles. The average molecular weight is 313 g/mol. The van der Waals surface area contributed by atoms with E-state index in [4.69, 9.17) is 16.6 Å². The van der Waals surface area contributed by atoms with Gasteiger partial charge in [0.2, 0.25) is 0 Å². The maximum atomic E-state index is 13.1. The molecule has 0 unspecified atom stereocenters. The molecular formula is C15H18ClFN2S. The van der Waals surface area contributed by atoms with Crippen molar-refractivity contribution in [2.45, 2.75) is 26.8 Å². The van der Waals surface area contributed by atoms with Crippen LogP contribution in [0.4, 0.5) is 4.39 Å². The number of hydrogen-bond donors (Lipinski definition) is 1. The van der Waals surface area contributed by atoms with Gasteiger partial charge in [0.15, 0.2) is 0 Å². The zero-order valence-corrected chi connectivity index (χ0v) is 13.4. The Morgan fingerprint density at radius 3 is 2.75 bits per heavy atom. The highest BCUT2D eigenvalue weighted by Crippen LogP contribution is 2.34. The lowest BCUT2D eigenvalue weighted by atomic mass is 10.1. The Labute approximate surface area is 128 Å². The molecule has 20 heavy (non-hydrogen) atoms. The van der Waals surface area contributed by atoms with Gasteiger partial charge in [-0.05, 0) is 37.6 Å². The first-order chi connectivity index (χ1) is 9.51. The summed E-state index contributed by atoms with van der Waals surface area (Å²) in [4.78, 5) is 5.92. The molecule has 0 radical (unpaired) electrons. The van der Waals surface area contributed by atoms with Crippen molar-refractivity contribution >= 4 is 22.9 Å². The van der Waals surface area contributed by atoms with Crippen molar-refractivity contribution in [1.29, 1.82) is 0 Å². The van der Waals surface area contributed by atoms with E-state index in [1.807, 2.05) is 7.05 Å². The van der Waals surface area contributed by atoms with Crippen LogP contribution < -0.4 is 5.32 Å². The second-order valence-electron chi connectivity index (χ2n) is 5.14. The van der Waals surface area contributed by atoms with Gasteiger partial charge in [-0.15, -0.1) is 11.3 Å². The lowest BCUT2D eigenvalue weighted by Gasteiger charge is -2.04. The van der Waals surface area contributed by atoms with Gasteiger partial charge < -0.3 is 5.32 Å². The molecule has 108 valence electrons. The third-order valence-corrected chi connectivity index (χ3v) is 4.32. The molecule has 2 rings (SSSR count). The maximum absolute atomic E-state index is 13.1. The molecule has 5 heteroatoms. The second kappa shape index (κ2) is 6.66. The summed E-state index contributed by atoms with van der Waals surface area (Å²) in [5.41, 5.74) is 1.90. The molecular weight excluding hydrogens is 295 g/mol. The summed E-state index contributed by atoms with van der Waals surface area (Å²) in [6, 6.07) is 4.44. The molecule has 0 aliphatic carbocycles. The summed E-state index contributed by atoms with van der Waals surface area (Å²) in [6.07, 6.45) is 0.937. The summed E-state index contributed by atoms with van der Waals surface area (Å²) in [7, 11) is 1.92. The van der Waals surface area contributed by atoms with E-state index in [0.717, 1.165) is 29.2 Å². The molecule has 1 aromatic carbocycles. The van der Waals surface area contributed by atoms with E-state index in [1.54, 1.807) is 17.4 Å². The van der Waals surface area contributed by atoms with Crippen LogP contribution in [-0.4, -0.2) is 12.0 Å². The van der Waals surface area contributed by atoms with E-state index >= 15 is 0 Å². The Hall–Kier alpha value is -0.970. The van der Waals surface area contributed by atoms with E-state index in [2.05, 4.69) is 19.2 Å². The first kappa shape index (κ1) is 15.4. The highest BCUT2D eigenvalue weighted by Gasteiger charge is 2.15. The second-order valence-corrected chi connectivity index (χ2v) is 6.63. The Morgan fingerprint density at radius 1 is 1.40 bits per heavy atom. The topological polar surface area (TPSA) is 24.9 Å². The summed E-state index contributed by atoms with van der Waals surface area (Å²) >= 11 is 7.74. The van der Waals surface area contributed by atoms with Crippen LogP contribution in [0.1, 0.15) is 24.4 Å². The minimum Gasteiger partial charge on any atom is -0.315 e. The van der Waals surface area contributed by atoms with Gasteiger partial charge in [-0.1, -0.05) is 25.4 Å². The van der Waals surface area contributed by atoms with Crippen molar-refractivity contribution in [2.24, 2.45) is 5.92 Å². The van der Waals surface area contributed by atoms with Gasteiger partial charge in [-0.2, -0.15) is 0 Å².